The van der Waals surface area contributed by atoms with Crippen LogP contribution in [0.2, 0.25) is 0 Å². The van der Waals surface area contributed by atoms with Crippen LogP contribution < -0.4 is 16.6 Å². The van der Waals surface area contributed by atoms with Crippen LogP contribution in [-0.4, -0.2) is 16.5 Å². The van der Waals surface area contributed by atoms with Gasteiger partial charge in [0.2, 0.25) is 5.91 Å². The van der Waals surface area contributed by atoms with E-state index in [2.05, 4.69) is 5.32 Å². The third kappa shape index (κ3) is 4.56. The fourth-order valence-electron chi connectivity index (χ4n) is 2.11. The van der Waals surface area contributed by atoms with Gasteiger partial charge >= 0.3 is 0 Å². The van der Waals surface area contributed by atoms with E-state index in [1.807, 2.05) is 37.3 Å². The molecule has 5 heteroatoms. The Bertz CT molecular complexity index is 678. The summed E-state index contributed by atoms with van der Waals surface area (Å²) < 4.78 is 1.58. The molecule has 2 aromatic rings. The number of nitrogens with zero attached hydrogens (tertiary/aromatic N) is 1. The van der Waals surface area contributed by atoms with Gasteiger partial charge in [-0.1, -0.05) is 30.3 Å². The molecule has 3 N–H and O–H groups in total. The first-order valence-corrected chi connectivity index (χ1v) is 7.35. The predicted octanol–water partition coefficient (Wildman–Crippen LogP) is 1.96. The number of hydrogen-bond donors (Lipinski definition) is 2. The number of hydrogen-bond acceptors (Lipinski definition) is 3. The van der Waals surface area contributed by atoms with Crippen molar-refractivity contribution in [1.82, 2.24) is 4.57 Å². The summed E-state index contributed by atoms with van der Waals surface area (Å²) in [6, 6.07) is 13.1. The fourth-order valence-corrected chi connectivity index (χ4v) is 2.11. The summed E-state index contributed by atoms with van der Waals surface area (Å²) in [5.41, 5.74) is 6.75. The summed E-state index contributed by atoms with van der Waals surface area (Å²) in [7, 11) is 0. The minimum absolute atomic E-state index is 0.0312. The lowest BCUT2D eigenvalue weighted by molar-refractivity contribution is -0.116. The van der Waals surface area contributed by atoms with Gasteiger partial charge in [0.05, 0.1) is 6.54 Å². The summed E-state index contributed by atoms with van der Waals surface area (Å²) in [5, 5.41) is 2.66. The zero-order chi connectivity index (χ0) is 15.9. The lowest BCUT2D eigenvalue weighted by atomic mass is 10.2. The molecule has 0 aliphatic carbocycles. The predicted molar refractivity (Wildman–Crippen MR) is 87.8 cm³/mol. The highest BCUT2D eigenvalue weighted by Gasteiger charge is 2.08. The number of carbonyl (C=O) groups is 1. The average Bonchev–Trinajstić information content (AvgIpc) is 2.50. The second-order valence-corrected chi connectivity index (χ2v) is 5.40. The molecule has 116 valence electrons. The quantitative estimate of drug-likeness (QED) is 0.856. The minimum atomic E-state index is -0.208. The smallest absolute Gasteiger partial charge is 0.274 e. The van der Waals surface area contributed by atoms with Crippen LogP contribution in [0, 0.1) is 0 Å². The summed E-state index contributed by atoms with van der Waals surface area (Å²) in [5.74, 6) is -0.188. The molecule has 1 amide bonds. The van der Waals surface area contributed by atoms with Crippen molar-refractivity contribution in [1.29, 1.82) is 0 Å². The van der Waals surface area contributed by atoms with Gasteiger partial charge in [0, 0.05) is 18.7 Å². The van der Waals surface area contributed by atoms with E-state index in [0.717, 1.165) is 5.56 Å². The molecule has 1 heterocycles. The highest BCUT2D eigenvalue weighted by Crippen LogP contribution is 2.05. The van der Waals surface area contributed by atoms with Crippen LogP contribution in [0.1, 0.15) is 25.3 Å². The number of pyridine rings is 1. The third-order valence-electron chi connectivity index (χ3n) is 3.32. The number of benzene rings is 1. The molecule has 1 unspecified atom stereocenters. The maximum Gasteiger partial charge on any atom is 0.274 e. The molecule has 0 radical (unpaired) electrons. The lowest BCUT2D eigenvalue weighted by Gasteiger charge is -2.10. The van der Waals surface area contributed by atoms with E-state index in [-0.39, 0.29) is 17.5 Å². The van der Waals surface area contributed by atoms with E-state index in [1.165, 1.54) is 0 Å². The van der Waals surface area contributed by atoms with Crippen molar-refractivity contribution in [3.05, 3.63) is 64.6 Å². The van der Waals surface area contributed by atoms with Gasteiger partial charge in [-0.05, 0) is 31.0 Å². The van der Waals surface area contributed by atoms with Crippen LogP contribution in [-0.2, 0) is 11.3 Å². The largest absolute Gasteiger partial charge is 0.328 e. The van der Waals surface area contributed by atoms with Crippen molar-refractivity contribution in [3.63, 3.8) is 0 Å². The zero-order valence-electron chi connectivity index (χ0n) is 12.7. The van der Waals surface area contributed by atoms with Crippen molar-refractivity contribution in [2.24, 2.45) is 5.73 Å². The molecule has 2 rings (SSSR count). The standard InChI is InChI=1S/C17H21N3O2/c1-13(18)9-10-16(21)19-15-8-5-11-20(17(15)22)12-14-6-3-2-4-7-14/h2-8,11,13H,9-10,12,18H2,1H3,(H,19,21). The van der Waals surface area contributed by atoms with Crippen molar-refractivity contribution in [3.8, 4) is 0 Å². The molecule has 0 saturated carbocycles. The molecule has 22 heavy (non-hydrogen) atoms. The Morgan fingerprint density at radius 1 is 1.23 bits per heavy atom. The molecule has 1 aromatic heterocycles. The van der Waals surface area contributed by atoms with E-state index in [0.29, 0.717) is 25.1 Å². The number of anilines is 1. The summed E-state index contributed by atoms with van der Waals surface area (Å²) in [6.45, 7) is 2.33. The van der Waals surface area contributed by atoms with Crippen LogP contribution >= 0.6 is 0 Å². The van der Waals surface area contributed by atoms with Crippen LogP contribution in [0.15, 0.2) is 53.5 Å². The van der Waals surface area contributed by atoms with E-state index in [1.54, 1.807) is 22.9 Å². The van der Waals surface area contributed by atoms with Gasteiger partial charge in [-0.15, -0.1) is 0 Å². The average molecular weight is 299 g/mol. The van der Waals surface area contributed by atoms with Gasteiger partial charge in [-0.25, -0.2) is 0 Å². The van der Waals surface area contributed by atoms with Crippen molar-refractivity contribution < 1.29 is 4.79 Å². The SMILES string of the molecule is CC(N)CCC(=O)Nc1cccn(Cc2ccccc2)c1=O. The van der Waals surface area contributed by atoms with Gasteiger partial charge < -0.3 is 15.6 Å². The van der Waals surface area contributed by atoms with Crippen LogP contribution in [0.25, 0.3) is 0 Å². The Kier molecular flexibility index (Phi) is 5.49. The van der Waals surface area contributed by atoms with E-state index in [4.69, 9.17) is 5.73 Å². The highest BCUT2D eigenvalue weighted by atomic mass is 16.2. The van der Waals surface area contributed by atoms with Crippen molar-refractivity contribution >= 4 is 11.6 Å². The van der Waals surface area contributed by atoms with Gasteiger partial charge in [0.15, 0.2) is 0 Å². The van der Waals surface area contributed by atoms with Gasteiger partial charge in [-0.3, -0.25) is 9.59 Å². The first kappa shape index (κ1) is 16.0. The third-order valence-corrected chi connectivity index (χ3v) is 3.32. The second kappa shape index (κ2) is 7.56. The maximum absolute atomic E-state index is 12.4. The molecule has 1 aromatic carbocycles. The lowest BCUT2D eigenvalue weighted by Crippen LogP contribution is -2.26. The molecular formula is C17H21N3O2. The molecule has 0 spiro atoms. The minimum Gasteiger partial charge on any atom is -0.328 e. The van der Waals surface area contributed by atoms with Gasteiger partial charge in [0.1, 0.15) is 5.69 Å². The Morgan fingerprint density at radius 3 is 2.64 bits per heavy atom. The summed E-state index contributed by atoms with van der Waals surface area (Å²) >= 11 is 0. The number of rotatable bonds is 6. The topological polar surface area (TPSA) is 77.1 Å². The van der Waals surface area contributed by atoms with Crippen molar-refractivity contribution in [2.75, 3.05) is 5.32 Å². The van der Waals surface area contributed by atoms with E-state index < -0.39 is 0 Å². The molecule has 0 bridgehead atoms. The fraction of sp³-hybridized carbons (Fsp3) is 0.294. The molecule has 5 nitrogen and oxygen atoms in total. The van der Waals surface area contributed by atoms with Crippen LogP contribution in [0.4, 0.5) is 5.69 Å². The Labute approximate surface area is 129 Å². The molecule has 0 aliphatic heterocycles. The maximum atomic E-state index is 12.4. The first-order chi connectivity index (χ1) is 10.6. The molecule has 0 aliphatic rings. The van der Waals surface area contributed by atoms with Gasteiger partial charge in [-0.2, -0.15) is 0 Å². The first-order valence-electron chi connectivity index (χ1n) is 7.35. The Morgan fingerprint density at radius 2 is 1.95 bits per heavy atom. The highest BCUT2D eigenvalue weighted by molar-refractivity contribution is 5.90. The normalized spacial score (nSPS) is 11.9. The number of carbonyl (C=O) groups excluding carboxylic acids is 1. The van der Waals surface area contributed by atoms with Crippen LogP contribution in [0.3, 0.4) is 0 Å². The van der Waals surface area contributed by atoms with Crippen LogP contribution in [0.5, 0.6) is 0 Å². The molecule has 0 saturated heterocycles. The van der Waals surface area contributed by atoms with E-state index in [9.17, 15) is 9.59 Å². The number of aromatic nitrogens is 1. The molecular weight excluding hydrogens is 278 g/mol. The summed E-state index contributed by atoms with van der Waals surface area (Å²) in [4.78, 5) is 24.2. The van der Waals surface area contributed by atoms with Gasteiger partial charge in [0.25, 0.3) is 5.56 Å². The number of amides is 1. The molecule has 1 atom stereocenters. The molecule has 0 fully saturated rings. The monoisotopic (exact) mass is 299 g/mol. The number of nitrogens with one attached hydrogen (secondary N) is 1. The van der Waals surface area contributed by atoms with Crippen molar-refractivity contribution in [2.45, 2.75) is 32.4 Å². The second-order valence-electron chi connectivity index (χ2n) is 5.40. The number of nitrogens with two attached hydrogens (primary N) is 1. The Hall–Kier alpha value is -2.40. The summed E-state index contributed by atoms with van der Waals surface area (Å²) in [6.07, 6.45) is 2.62. The zero-order valence-corrected chi connectivity index (χ0v) is 12.7. The Balaban J connectivity index is 2.09. The van der Waals surface area contributed by atoms with E-state index >= 15 is 0 Å².